The zero-order valence-corrected chi connectivity index (χ0v) is 20.8. The molecule has 3 aromatic rings. The Morgan fingerprint density at radius 1 is 0.722 bits per heavy atom. The molecule has 0 aliphatic heterocycles. The van der Waals surface area contributed by atoms with E-state index in [0.29, 0.717) is 13.2 Å². The van der Waals surface area contributed by atoms with Crippen molar-refractivity contribution in [2.45, 2.75) is 32.6 Å². The van der Waals surface area contributed by atoms with Crippen molar-refractivity contribution in [3.8, 4) is 0 Å². The Hall–Kier alpha value is -4.12. The molecule has 0 N–H and O–H groups in total. The smallest absolute Gasteiger partial charge is 0.330 e. The van der Waals surface area contributed by atoms with Crippen molar-refractivity contribution >= 4 is 29.0 Å². The van der Waals surface area contributed by atoms with Gasteiger partial charge in [-0.05, 0) is 80.1 Å². The van der Waals surface area contributed by atoms with Crippen molar-refractivity contribution < 1.29 is 19.1 Å². The van der Waals surface area contributed by atoms with Gasteiger partial charge in [-0.15, -0.1) is 0 Å². The van der Waals surface area contributed by atoms with Crippen LogP contribution in [-0.4, -0.2) is 25.2 Å². The topological polar surface area (TPSA) is 55.8 Å². The zero-order chi connectivity index (χ0) is 25.8. The van der Waals surface area contributed by atoms with Gasteiger partial charge in [0.25, 0.3) is 0 Å². The molecule has 0 radical (unpaired) electrons. The Morgan fingerprint density at radius 3 is 1.81 bits per heavy atom. The first kappa shape index (κ1) is 26.5. The summed E-state index contributed by atoms with van der Waals surface area (Å²) in [5, 5.41) is 0. The Kier molecular flexibility index (Phi) is 10.1. The van der Waals surface area contributed by atoms with Gasteiger partial charge in [-0.25, -0.2) is 9.59 Å². The highest BCUT2D eigenvalue weighted by molar-refractivity contribution is 5.81. The standard InChI is InChI=1S/C31H33NO4/c1-4-30(33)35-21-7-10-25-15-19-28(20-16-25)32(27-17-13-24(3)14-18-27)29-12-6-9-26(23-29)11-8-22-36-31(34)5-2/h4-6,9,12-20,23H,1-2,7-8,10-11,21-22H2,3H3. The number of carbonyl (C=O) groups excluding carboxylic acids is 2. The van der Waals surface area contributed by atoms with E-state index in [-0.39, 0.29) is 5.97 Å². The van der Waals surface area contributed by atoms with Crippen LogP contribution in [0.25, 0.3) is 0 Å². The number of esters is 2. The molecule has 0 aliphatic carbocycles. The summed E-state index contributed by atoms with van der Waals surface area (Å²) in [6.07, 6.45) is 5.48. The first-order valence-corrected chi connectivity index (χ1v) is 12.1. The number of nitrogens with zero attached hydrogens (tertiary/aromatic N) is 1. The highest BCUT2D eigenvalue weighted by atomic mass is 16.5. The first-order valence-electron chi connectivity index (χ1n) is 12.1. The second-order valence-corrected chi connectivity index (χ2v) is 8.46. The largest absolute Gasteiger partial charge is 0.463 e. The summed E-state index contributed by atoms with van der Waals surface area (Å²) in [5.74, 6) is -0.783. The predicted octanol–water partition coefficient (Wildman–Crippen LogP) is 6.79. The number of anilines is 3. The van der Waals surface area contributed by atoms with Gasteiger partial charge in [-0.1, -0.05) is 55.1 Å². The van der Waals surface area contributed by atoms with Crippen molar-refractivity contribution in [3.05, 3.63) is 115 Å². The third-order valence-electron chi connectivity index (χ3n) is 5.70. The van der Waals surface area contributed by atoms with Crippen LogP contribution < -0.4 is 4.90 Å². The fourth-order valence-corrected chi connectivity index (χ4v) is 3.82. The number of ether oxygens (including phenoxy) is 2. The zero-order valence-electron chi connectivity index (χ0n) is 20.8. The van der Waals surface area contributed by atoms with Gasteiger partial charge in [0, 0.05) is 29.2 Å². The maximum atomic E-state index is 11.3. The molecule has 186 valence electrons. The molecule has 36 heavy (non-hydrogen) atoms. The first-order chi connectivity index (χ1) is 17.5. The van der Waals surface area contributed by atoms with Crippen LogP contribution in [0, 0.1) is 6.92 Å². The average Bonchev–Trinajstić information content (AvgIpc) is 2.91. The van der Waals surface area contributed by atoms with E-state index in [4.69, 9.17) is 9.47 Å². The highest BCUT2D eigenvalue weighted by Crippen LogP contribution is 2.35. The lowest BCUT2D eigenvalue weighted by Gasteiger charge is -2.26. The van der Waals surface area contributed by atoms with Gasteiger partial charge < -0.3 is 14.4 Å². The molecule has 5 heteroatoms. The minimum atomic E-state index is -0.393. The van der Waals surface area contributed by atoms with Crippen molar-refractivity contribution in [1.82, 2.24) is 0 Å². The average molecular weight is 484 g/mol. The molecular weight excluding hydrogens is 450 g/mol. The molecule has 0 saturated heterocycles. The summed E-state index contributed by atoms with van der Waals surface area (Å²) in [6, 6.07) is 25.4. The molecule has 0 aromatic heterocycles. The summed E-state index contributed by atoms with van der Waals surface area (Å²) in [6.45, 7) is 9.66. The van der Waals surface area contributed by atoms with Crippen LogP contribution in [0.2, 0.25) is 0 Å². The third kappa shape index (κ3) is 7.98. The lowest BCUT2D eigenvalue weighted by atomic mass is 10.1. The fourth-order valence-electron chi connectivity index (χ4n) is 3.82. The summed E-state index contributed by atoms with van der Waals surface area (Å²) in [5.41, 5.74) is 6.74. The molecule has 5 nitrogen and oxygen atoms in total. The molecule has 0 atom stereocenters. The molecule has 0 saturated carbocycles. The van der Waals surface area contributed by atoms with E-state index in [2.05, 4.69) is 97.8 Å². The lowest BCUT2D eigenvalue weighted by molar-refractivity contribution is -0.138. The molecule has 3 aromatic carbocycles. The third-order valence-corrected chi connectivity index (χ3v) is 5.70. The van der Waals surface area contributed by atoms with E-state index < -0.39 is 5.97 Å². The summed E-state index contributed by atoms with van der Waals surface area (Å²) < 4.78 is 10.2. The predicted molar refractivity (Wildman–Crippen MR) is 145 cm³/mol. The van der Waals surface area contributed by atoms with E-state index in [9.17, 15) is 9.59 Å². The molecule has 0 aliphatic rings. The molecule has 0 spiro atoms. The number of carbonyl (C=O) groups is 2. The van der Waals surface area contributed by atoms with E-state index >= 15 is 0 Å². The van der Waals surface area contributed by atoms with Gasteiger partial charge in [0.2, 0.25) is 0 Å². The minimum absolute atomic E-state index is 0.366. The number of hydrogen-bond acceptors (Lipinski definition) is 5. The van der Waals surface area contributed by atoms with Crippen LogP contribution >= 0.6 is 0 Å². The van der Waals surface area contributed by atoms with Crippen LogP contribution in [0.4, 0.5) is 17.1 Å². The van der Waals surface area contributed by atoms with Crippen molar-refractivity contribution in [3.63, 3.8) is 0 Å². The Labute approximate surface area is 213 Å². The summed E-state index contributed by atoms with van der Waals surface area (Å²) in [4.78, 5) is 24.7. The van der Waals surface area contributed by atoms with E-state index in [1.54, 1.807) is 0 Å². The molecular formula is C31H33NO4. The number of aryl methyl sites for hydroxylation is 3. The lowest BCUT2D eigenvalue weighted by Crippen LogP contribution is -2.10. The summed E-state index contributed by atoms with van der Waals surface area (Å²) in [7, 11) is 0. The Balaban J connectivity index is 1.76. The van der Waals surface area contributed by atoms with Gasteiger partial charge in [-0.2, -0.15) is 0 Å². The molecule has 0 heterocycles. The SMILES string of the molecule is C=CC(=O)OCCCc1ccc(N(c2ccc(C)cc2)c2cccc(CCCOC(=O)C=C)c2)cc1. The molecule has 3 rings (SSSR count). The van der Waals surface area contributed by atoms with Crippen molar-refractivity contribution in [1.29, 1.82) is 0 Å². The van der Waals surface area contributed by atoms with Crippen LogP contribution in [0.1, 0.15) is 29.5 Å². The quantitative estimate of drug-likeness (QED) is 0.152. The van der Waals surface area contributed by atoms with Gasteiger partial charge in [0.15, 0.2) is 0 Å². The maximum absolute atomic E-state index is 11.3. The second-order valence-electron chi connectivity index (χ2n) is 8.46. The van der Waals surface area contributed by atoms with E-state index in [0.717, 1.165) is 42.7 Å². The highest BCUT2D eigenvalue weighted by Gasteiger charge is 2.13. The monoisotopic (exact) mass is 483 g/mol. The van der Waals surface area contributed by atoms with Gasteiger partial charge in [-0.3, -0.25) is 0 Å². The van der Waals surface area contributed by atoms with Crippen molar-refractivity contribution in [2.75, 3.05) is 18.1 Å². The Bertz CT molecular complexity index is 1170. The van der Waals surface area contributed by atoms with Crippen LogP contribution in [0.15, 0.2) is 98.1 Å². The Morgan fingerprint density at radius 2 is 1.25 bits per heavy atom. The second kappa shape index (κ2) is 13.7. The number of benzene rings is 3. The molecule has 0 bridgehead atoms. The van der Waals surface area contributed by atoms with Crippen LogP contribution in [0.3, 0.4) is 0 Å². The van der Waals surface area contributed by atoms with Gasteiger partial charge in [0.05, 0.1) is 13.2 Å². The summed E-state index contributed by atoms with van der Waals surface area (Å²) >= 11 is 0. The minimum Gasteiger partial charge on any atom is -0.463 e. The normalized spacial score (nSPS) is 10.4. The van der Waals surface area contributed by atoms with Gasteiger partial charge in [0.1, 0.15) is 0 Å². The van der Waals surface area contributed by atoms with Crippen LogP contribution in [0.5, 0.6) is 0 Å². The van der Waals surface area contributed by atoms with E-state index in [1.165, 1.54) is 28.8 Å². The number of hydrogen-bond donors (Lipinski definition) is 0. The fraction of sp³-hybridized carbons (Fsp3) is 0.226. The molecule has 0 amide bonds. The van der Waals surface area contributed by atoms with Gasteiger partial charge >= 0.3 is 11.9 Å². The number of rotatable bonds is 13. The van der Waals surface area contributed by atoms with Crippen molar-refractivity contribution in [2.24, 2.45) is 0 Å². The molecule has 0 fully saturated rings. The van der Waals surface area contributed by atoms with E-state index in [1.807, 2.05) is 0 Å². The maximum Gasteiger partial charge on any atom is 0.330 e. The van der Waals surface area contributed by atoms with Crippen LogP contribution in [-0.2, 0) is 31.9 Å². The molecule has 0 unspecified atom stereocenters.